The Labute approximate surface area is 125 Å². The SMILES string of the molecule is Cc1cccc(OCc2nnc(SCc3ccon3)o2)c1. The number of aromatic nitrogens is 3. The van der Waals surface area contributed by atoms with Crippen LogP contribution in [0.15, 0.2) is 50.8 Å². The molecule has 0 spiro atoms. The van der Waals surface area contributed by atoms with Gasteiger partial charge in [-0.1, -0.05) is 29.1 Å². The molecule has 0 aliphatic heterocycles. The molecular weight excluding hydrogens is 290 g/mol. The van der Waals surface area contributed by atoms with Crippen molar-refractivity contribution in [3.05, 3.63) is 53.7 Å². The molecular formula is C14H13N3O3S. The maximum absolute atomic E-state index is 5.60. The van der Waals surface area contributed by atoms with E-state index in [0.29, 0.717) is 16.9 Å². The van der Waals surface area contributed by atoms with Crippen molar-refractivity contribution in [3.63, 3.8) is 0 Å². The molecule has 3 rings (SSSR count). The fourth-order valence-corrected chi connectivity index (χ4v) is 2.33. The van der Waals surface area contributed by atoms with Crippen molar-refractivity contribution < 1.29 is 13.7 Å². The van der Waals surface area contributed by atoms with Crippen LogP contribution in [0.1, 0.15) is 17.1 Å². The van der Waals surface area contributed by atoms with Crippen LogP contribution >= 0.6 is 11.8 Å². The van der Waals surface area contributed by atoms with E-state index in [1.165, 1.54) is 18.0 Å². The largest absolute Gasteiger partial charge is 0.484 e. The van der Waals surface area contributed by atoms with Crippen molar-refractivity contribution in [3.8, 4) is 5.75 Å². The monoisotopic (exact) mass is 303 g/mol. The number of thioether (sulfide) groups is 1. The van der Waals surface area contributed by atoms with Crippen molar-refractivity contribution in [1.82, 2.24) is 15.4 Å². The minimum Gasteiger partial charge on any atom is -0.484 e. The summed E-state index contributed by atoms with van der Waals surface area (Å²) in [6.45, 7) is 2.26. The Balaban J connectivity index is 1.53. The second kappa shape index (κ2) is 6.45. The van der Waals surface area contributed by atoms with Crippen LogP contribution < -0.4 is 4.74 Å². The second-order valence-electron chi connectivity index (χ2n) is 4.35. The number of rotatable bonds is 6. The lowest BCUT2D eigenvalue weighted by Crippen LogP contribution is -1.95. The molecule has 1 aromatic carbocycles. The lowest BCUT2D eigenvalue weighted by Gasteiger charge is -2.03. The fraction of sp³-hybridized carbons (Fsp3) is 0.214. The van der Waals surface area contributed by atoms with Gasteiger partial charge in [-0.3, -0.25) is 0 Å². The van der Waals surface area contributed by atoms with Gasteiger partial charge in [0.15, 0.2) is 6.61 Å². The number of benzene rings is 1. The van der Waals surface area contributed by atoms with Gasteiger partial charge in [-0.25, -0.2) is 0 Å². The van der Waals surface area contributed by atoms with Gasteiger partial charge < -0.3 is 13.7 Å². The van der Waals surface area contributed by atoms with Gasteiger partial charge in [0.05, 0.1) is 5.69 Å². The van der Waals surface area contributed by atoms with Gasteiger partial charge in [0.25, 0.3) is 11.1 Å². The van der Waals surface area contributed by atoms with Crippen LogP contribution in [0, 0.1) is 6.92 Å². The number of aryl methyl sites for hydroxylation is 1. The topological polar surface area (TPSA) is 74.2 Å². The summed E-state index contributed by atoms with van der Waals surface area (Å²) in [6.07, 6.45) is 1.53. The lowest BCUT2D eigenvalue weighted by atomic mass is 10.2. The first-order valence-electron chi connectivity index (χ1n) is 6.33. The van der Waals surface area contributed by atoms with E-state index in [1.807, 2.05) is 31.2 Å². The first kappa shape index (κ1) is 13.7. The molecule has 0 aliphatic rings. The van der Waals surface area contributed by atoms with E-state index in [1.54, 1.807) is 6.07 Å². The molecule has 0 N–H and O–H groups in total. The molecule has 0 radical (unpaired) electrons. The van der Waals surface area contributed by atoms with E-state index in [-0.39, 0.29) is 6.61 Å². The maximum Gasteiger partial charge on any atom is 0.277 e. The quantitative estimate of drug-likeness (QED) is 0.647. The molecule has 0 aliphatic carbocycles. The highest BCUT2D eigenvalue weighted by molar-refractivity contribution is 7.98. The number of hydrogen-bond donors (Lipinski definition) is 0. The molecule has 6 nitrogen and oxygen atoms in total. The summed E-state index contributed by atoms with van der Waals surface area (Å²) in [6, 6.07) is 9.60. The lowest BCUT2D eigenvalue weighted by molar-refractivity contribution is 0.252. The first-order valence-corrected chi connectivity index (χ1v) is 7.32. The standard InChI is InChI=1S/C14H13N3O3S/c1-10-3-2-4-12(7-10)18-8-13-15-16-14(20-13)21-9-11-5-6-19-17-11/h2-7H,8-9H2,1H3. The summed E-state index contributed by atoms with van der Waals surface area (Å²) in [5.74, 6) is 1.85. The van der Waals surface area contributed by atoms with Crippen molar-refractivity contribution >= 4 is 11.8 Å². The first-order chi connectivity index (χ1) is 10.3. The molecule has 0 atom stereocenters. The number of ether oxygens (including phenoxy) is 1. The summed E-state index contributed by atoms with van der Waals surface area (Å²) < 4.78 is 15.9. The number of hydrogen-bond acceptors (Lipinski definition) is 7. The summed E-state index contributed by atoms with van der Waals surface area (Å²) in [4.78, 5) is 0. The van der Waals surface area contributed by atoms with E-state index in [9.17, 15) is 0 Å². The Morgan fingerprint density at radius 1 is 1.24 bits per heavy atom. The van der Waals surface area contributed by atoms with Crippen LogP contribution in [0.25, 0.3) is 0 Å². The van der Waals surface area contributed by atoms with Crippen LogP contribution in [0.4, 0.5) is 0 Å². The van der Waals surface area contributed by atoms with E-state index >= 15 is 0 Å². The molecule has 3 aromatic rings. The highest BCUT2D eigenvalue weighted by atomic mass is 32.2. The smallest absolute Gasteiger partial charge is 0.277 e. The van der Waals surface area contributed by atoms with Crippen LogP contribution in [-0.2, 0) is 12.4 Å². The summed E-state index contributed by atoms with van der Waals surface area (Å²) in [5, 5.41) is 12.2. The molecule has 108 valence electrons. The Hall–Kier alpha value is -2.28. The van der Waals surface area contributed by atoms with Gasteiger partial charge in [0.1, 0.15) is 12.0 Å². The van der Waals surface area contributed by atoms with Crippen molar-refractivity contribution in [2.45, 2.75) is 24.5 Å². The average molecular weight is 303 g/mol. The van der Waals surface area contributed by atoms with Gasteiger partial charge >= 0.3 is 0 Å². The summed E-state index contributed by atoms with van der Waals surface area (Å²) in [5.41, 5.74) is 1.97. The predicted molar refractivity (Wildman–Crippen MR) is 75.9 cm³/mol. The minimum atomic E-state index is 0.251. The second-order valence-corrected chi connectivity index (χ2v) is 5.27. The molecule has 0 fully saturated rings. The van der Waals surface area contributed by atoms with Crippen molar-refractivity contribution in [2.75, 3.05) is 0 Å². The Morgan fingerprint density at radius 2 is 2.19 bits per heavy atom. The average Bonchev–Trinajstić information content (AvgIpc) is 3.15. The third kappa shape index (κ3) is 3.85. The highest BCUT2D eigenvalue weighted by Gasteiger charge is 2.08. The normalized spacial score (nSPS) is 10.7. The van der Waals surface area contributed by atoms with E-state index in [0.717, 1.165) is 17.0 Å². The minimum absolute atomic E-state index is 0.251. The van der Waals surface area contributed by atoms with Crippen molar-refractivity contribution in [1.29, 1.82) is 0 Å². The Morgan fingerprint density at radius 3 is 3.00 bits per heavy atom. The zero-order chi connectivity index (χ0) is 14.5. The molecule has 0 saturated heterocycles. The molecule has 2 aromatic heterocycles. The fourth-order valence-electron chi connectivity index (χ4n) is 1.65. The van der Waals surface area contributed by atoms with Crippen molar-refractivity contribution in [2.24, 2.45) is 0 Å². The molecule has 2 heterocycles. The Kier molecular flexibility index (Phi) is 4.20. The molecule has 0 amide bonds. The zero-order valence-corrected chi connectivity index (χ0v) is 12.2. The summed E-state index contributed by atoms with van der Waals surface area (Å²) in [7, 11) is 0. The molecule has 7 heteroatoms. The van der Waals surface area contributed by atoms with Crippen LogP contribution in [-0.4, -0.2) is 15.4 Å². The van der Waals surface area contributed by atoms with Gasteiger partial charge in [-0.05, 0) is 24.6 Å². The molecule has 0 saturated carbocycles. The number of nitrogens with zero attached hydrogens (tertiary/aromatic N) is 3. The van der Waals surface area contributed by atoms with E-state index in [2.05, 4.69) is 15.4 Å². The van der Waals surface area contributed by atoms with E-state index in [4.69, 9.17) is 13.7 Å². The predicted octanol–water partition coefficient (Wildman–Crippen LogP) is 3.24. The molecule has 0 unspecified atom stereocenters. The highest BCUT2D eigenvalue weighted by Crippen LogP contribution is 2.21. The summed E-state index contributed by atoms with van der Waals surface area (Å²) >= 11 is 1.40. The van der Waals surface area contributed by atoms with Gasteiger partial charge in [0, 0.05) is 11.8 Å². The Bertz CT molecular complexity index is 697. The van der Waals surface area contributed by atoms with Crippen LogP contribution in [0.5, 0.6) is 5.75 Å². The molecule has 0 bridgehead atoms. The maximum atomic E-state index is 5.60. The van der Waals surface area contributed by atoms with Gasteiger partial charge in [-0.15, -0.1) is 10.2 Å². The third-order valence-corrected chi connectivity index (χ3v) is 3.49. The zero-order valence-electron chi connectivity index (χ0n) is 11.4. The van der Waals surface area contributed by atoms with Gasteiger partial charge in [0.2, 0.25) is 0 Å². The van der Waals surface area contributed by atoms with Crippen LogP contribution in [0.3, 0.4) is 0 Å². The molecule has 21 heavy (non-hydrogen) atoms. The van der Waals surface area contributed by atoms with Gasteiger partial charge in [-0.2, -0.15) is 0 Å². The third-order valence-electron chi connectivity index (χ3n) is 2.63. The van der Waals surface area contributed by atoms with Crippen LogP contribution in [0.2, 0.25) is 0 Å². The van der Waals surface area contributed by atoms with E-state index < -0.39 is 0 Å².